The Hall–Kier alpha value is -0.260. The summed E-state index contributed by atoms with van der Waals surface area (Å²) in [6.07, 6.45) is 7.83. The quantitative estimate of drug-likeness (QED) is 0.459. The highest BCUT2D eigenvalue weighted by molar-refractivity contribution is 5.02. The number of rotatable bonds is 0. The van der Waals surface area contributed by atoms with Crippen LogP contribution in [0.4, 0.5) is 0 Å². The minimum absolute atomic E-state index is 0.980. The molecular formula is C11H22. The van der Waals surface area contributed by atoms with Crippen molar-refractivity contribution in [2.45, 2.75) is 53.4 Å². The largest absolute Gasteiger partial charge is 0.0885 e. The van der Waals surface area contributed by atoms with Crippen molar-refractivity contribution in [3.63, 3.8) is 0 Å². The molecular weight excluding hydrogens is 132 g/mol. The molecule has 0 atom stereocenters. The average Bonchev–Trinajstić information content (AvgIpc) is 2.10. The second kappa shape index (κ2) is 6.45. The Bertz CT molecular complexity index is 101. The van der Waals surface area contributed by atoms with Gasteiger partial charge in [0.1, 0.15) is 0 Å². The van der Waals surface area contributed by atoms with Crippen LogP contribution >= 0.6 is 0 Å². The predicted molar refractivity (Wildman–Crippen MR) is 52.7 cm³/mol. The fraction of sp³-hybridized carbons (Fsp3) is 0.818. The highest BCUT2D eigenvalue weighted by atomic mass is 14.2. The Morgan fingerprint density at radius 3 is 2.00 bits per heavy atom. The van der Waals surface area contributed by atoms with Gasteiger partial charge in [-0.1, -0.05) is 32.4 Å². The van der Waals surface area contributed by atoms with E-state index in [2.05, 4.69) is 19.9 Å². The third-order valence-electron chi connectivity index (χ3n) is 2.32. The van der Waals surface area contributed by atoms with Crippen LogP contribution in [0.15, 0.2) is 11.6 Å². The van der Waals surface area contributed by atoms with Crippen molar-refractivity contribution in [2.75, 3.05) is 0 Å². The first-order valence-electron chi connectivity index (χ1n) is 4.97. The lowest BCUT2D eigenvalue weighted by Crippen LogP contribution is -2.03. The molecule has 1 aliphatic carbocycles. The van der Waals surface area contributed by atoms with Crippen LogP contribution in [-0.2, 0) is 0 Å². The van der Waals surface area contributed by atoms with Gasteiger partial charge in [0, 0.05) is 0 Å². The highest BCUT2D eigenvalue weighted by Gasteiger charge is 2.10. The van der Waals surface area contributed by atoms with Gasteiger partial charge in [-0.25, -0.2) is 0 Å². The summed E-state index contributed by atoms with van der Waals surface area (Å²) in [7, 11) is 0. The predicted octanol–water partition coefficient (Wildman–Crippen LogP) is 4.17. The molecule has 0 aromatic rings. The fourth-order valence-electron chi connectivity index (χ4n) is 1.42. The second-order valence-corrected chi connectivity index (χ2v) is 3.13. The number of hydrogen-bond acceptors (Lipinski definition) is 0. The Kier molecular flexibility index (Phi) is 6.30. The molecule has 0 aromatic heterocycles. The summed E-state index contributed by atoms with van der Waals surface area (Å²) in [5.74, 6) is 0.980. The van der Waals surface area contributed by atoms with Gasteiger partial charge >= 0.3 is 0 Å². The van der Waals surface area contributed by atoms with E-state index in [9.17, 15) is 0 Å². The van der Waals surface area contributed by atoms with Crippen molar-refractivity contribution >= 4 is 0 Å². The molecule has 1 aliphatic rings. The van der Waals surface area contributed by atoms with Crippen molar-refractivity contribution in [1.82, 2.24) is 0 Å². The Labute approximate surface area is 71.7 Å². The molecule has 0 amide bonds. The molecule has 0 radical (unpaired) electrons. The SMILES string of the molecule is CC.CC=C1CCC(C)CC1. The van der Waals surface area contributed by atoms with E-state index in [1.54, 1.807) is 5.57 Å². The third-order valence-corrected chi connectivity index (χ3v) is 2.32. The summed E-state index contributed by atoms with van der Waals surface area (Å²) in [6, 6.07) is 0. The van der Waals surface area contributed by atoms with Crippen molar-refractivity contribution < 1.29 is 0 Å². The lowest BCUT2D eigenvalue weighted by atomic mass is 9.87. The van der Waals surface area contributed by atoms with E-state index < -0.39 is 0 Å². The molecule has 1 saturated carbocycles. The lowest BCUT2D eigenvalue weighted by Gasteiger charge is -2.19. The Morgan fingerprint density at radius 1 is 1.18 bits per heavy atom. The zero-order valence-corrected chi connectivity index (χ0v) is 8.48. The van der Waals surface area contributed by atoms with Crippen LogP contribution in [0.2, 0.25) is 0 Å². The third kappa shape index (κ3) is 4.23. The minimum Gasteiger partial charge on any atom is -0.0885 e. The fourth-order valence-corrected chi connectivity index (χ4v) is 1.42. The van der Waals surface area contributed by atoms with Gasteiger partial charge in [-0.05, 0) is 38.5 Å². The van der Waals surface area contributed by atoms with Crippen LogP contribution in [0.1, 0.15) is 53.4 Å². The topological polar surface area (TPSA) is 0 Å². The molecule has 0 aliphatic heterocycles. The van der Waals surface area contributed by atoms with E-state index >= 15 is 0 Å². The molecule has 0 heteroatoms. The molecule has 0 nitrogen and oxygen atoms in total. The minimum atomic E-state index is 0.980. The molecule has 1 fully saturated rings. The molecule has 0 aromatic carbocycles. The Morgan fingerprint density at radius 2 is 1.64 bits per heavy atom. The van der Waals surface area contributed by atoms with E-state index in [4.69, 9.17) is 0 Å². The van der Waals surface area contributed by atoms with Gasteiger partial charge in [0.25, 0.3) is 0 Å². The molecule has 0 unspecified atom stereocenters. The number of allylic oxidation sites excluding steroid dienone is 2. The average molecular weight is 154 g/mol. The van der Waals surface area contributed by atoms with Crippen molar-refractivity contribution in [1.29, 1.82) is 0 Å². The summed E-state index contributed by atoms with van der Waals surface area (Å²) < 4.78 is 0. The van der Waals surface area contributed by atoms with Crippen LogP contribution in [0.5, 0.6) is 0 Å². The van der Waals surface area contributed by atoms with Gasteiger partial charge in [-0.2, -0.15) is 0 Å². The number of hydrogen-bond donors (Lipinski definition) is 0. The van der Waals surface area contributed by atoms with Crippen molar-refractivity contribution in [2.24, 2.45) is 5.92 Å². The maximum Gasteiger partial charge on any atom is -0.0318 e. The van der Waals surface area contributed by atoms with Gasteiger partial charge in [-0.15, -0.1) is 0 Å². The van der Waals surface area contributed by atoms with Crippen LogP contribution in [0, 0.1) is 5.92 Å². The van der Waals surface area contributed by atoms with E-state index in [1.165, 1.54) is 25.7 Å². The summed E-state index contributed by atoms with van der Waals surface area (Å²) in [6.45, 7) is 8.51. The van der Waals surface area contributed by atoms with Gasteiger partial charge in [0.2, 0.25) is 0 Å². The summed E-state index contributed by atoms with van der Waals surface area (Å²) in [5, 5.41) is 0. The first-order chi connectivity index (χ1) is 5.33. The van der Waals surface area contributed by atoms with E-state index in [0.29, 0.717) is 0 Å². The molecule has 1 rings (SSSR count). The molecule has 0 N–H and O–H groups in total. The van der Waals surface area contributed by atoms with Gasteiger partial charge in [-0.3, -0.25) is 0 Å². The zero-order valence-electron chi connectivity index (χ0n) is 8.48. The van der Waals surface area contributed by atoms with Crippen molar-refractivity contribution in [3.8, 4) is 0 Å². The summed E-state index contributed by atoms with van der Waals surface area (Å²) in [5.41, 5.74) is 1.67. The zero-order chi connectivity index (χ0) is 8.69. The molecule has 0 saturated heterocycles. The second-order valence-electron chi connectivity index (χ2n) is 3.13. The highest BCUT2D eigenvalue weighted by Crippen LogP contribution is 2.26. The Balaban J connectivity index is 0.000000461. The monoisotopic (exact) mass is 154 g/mol. The summed E-state index contributed by atoms with van der Waals surface area (Å²) >= 11 is 0. The molecule has 0 bridgehead atoms. The van der Waals surface area contributed by atoms with E-state index in [0.717, 1.165) is 5.92 Å². The summed E-state index contributed by atoms with van der Waals surface area (Å²) in [4.78, 5) is 0. The van der Waals surface area contributed by atoms with Crippen LogP contribution in [0.3, 0.4) is 0 Å². The van der Waals surface area contributed by atoms with Crippen LogP contribution in [0.25, 0.3) is 0 Å². The maximum absolute atomic E-state index is 2.35. The first kappa shape index (κ1) is 10.7. The molecule has 0 spiro atoms. The van der Waals surface area contributed by atoms with Crippen LogP contribution < -0.4 is 0 Å². The van der Waals surface area contributed by atoms with Gasteiger partial charge < -0.3 is 0 Å². The maximum atomic E-state index is 2.35. The van der Waals surface area contributed by atoms with Gasteiger partial charge in [0.15, 0.2) is 0 Å². The first-order valence-corrected chi connectivity index (χ1v) is 4.97. The van der Waals surface area contributed by atoms with E-state index in [1.807, 2.05) is 13.8 Å². The molecule has 11 heavy (non-hydrogen) atoms. The van der Waals surface area contributed by atoms with Crippen molar-refractivity contribution in [3.05, 3.63) is 11.6 Å². The molecule has 0 heterocycles. The van der Waals surface area contributed by atoms with E-state index in [-0.39, 0.29) is 0 Å². The smallest absolute Gasteiger partial charge is 0.0318 e. The lowest BCUT2D eigenvalue weighted by molar-refractivity contribution is 0.443. The van der Waals surface area contributed by atoms with Crippen LogP contribution in [-0.4, -0.2) is 0 Å². The standard InChI is InChI=1S/C9H16.C2H6/c1-3-9-6-4-8(2)5-7-9;1-2/h3,8H,4-7H2,1-2H3;1-2H3. The normalized spacial score (nSPS) is 23.6. The molecule has 66 valence electrons. The van der Waals surface area contributed by atoms with Gasteiger partial charge in [0.05, 0.1) is 0 Å².